The maximum absolute atomic E-state index is 13.0. The van der Waals surface area contributed by atoms with Gasteiger partial charge in [0.05, 0.1) is 0 Å². The quantitative estimate of drug-likeness (QED) is 0.562. The molecule has 0 aromatic heterocycles. The van der Waals surface area contributed by atoms with E-state index in [0.717, 1.165) is 24.1 Å². The first kappa shape index (κ1) is 20.8. The van der Waals surface area contributed by atoms with Gasteiger partial charge in [-0.15, -0.1) is 0 Å². The summed E-state index contributed by atoms with van der Waals surface area (Å²) in [5, 5.41) is 3.42. The van der Waals surface area contributed by atoms with Gasteiger partial charge in [-0.2, -0.15) is 0 Å². The summed E-state index contributed by atoms with van der Waals surface area (Å²) >= 11 is 5.93. The van der Waals surface area contributed by atoms with Crippen molar-refractivity contribution in [3.05, 3.63) is 94.0 Å². The van der Waals surface area contributed by atoms with Crippen molar-refractivity contribution < 1.29 is 14.4 Å². The number of benzene rings is 3. The number of nitrogens with zero attached hydrogens (tertiary/aromatic N) is 1. The smallest absolute Gasteiger partial charge is 0.258 e. The van der Waals surface area contributed by atoms with E-state index in [-0.39, 0.29) is 17.6 Å². The van der Waals surface area contributed by atoms with Crippen LogP contribution in [0.1, 0.15) is 50.0 Å². The molecule has 156 valence electrons. The van der Waals surface area contributed by atoms with Crippen molar-refractivity contribution in [2.75, 3.05) is 16.8 Å². The molecule has 4 rings (SSSR count). The first-order valence-electron chi connectivity index (χ1n) is 10.0. The van der Waals surface area contributed by atoms with Crippen LogP contribution < -0.4 is 10.2 Å². The Balaban J connectivity index is 1.56. The molecule has 0 unspecified atom stereocenters. The number of amides is 2. The largest absolute Gasteiger partial charge is 0.322 e. The predicted octanol–water partition coefficient (Wildman–Crippen LogP) is 5.39. The molecule has 31 heavy (non-hydrogen) atoms. The highest BCUT2D eigenvalue weighted by Crippen LogP contribution is 2.30. The number of nitrogens with one attached hydrogen (secondary N) is 1. The third kappa shape index (κ3) is 4.52. The minimum atomic E-state index is -0.260. The SMILES string of the molecule is CC(=O)c1cccc(NC(=O)c2ccc3c(c2)CCCN3C(=O)c2ccc(Cl)cc2)c1. The molecule has 0 aliphatic carbocycles. The first-order valence-corrected chi connectivity index (χ1v) is 10.4. The molecule has 3 aromatic carbocycles. The minimum Gasteiger partial charge on any atom is -0.322 e. The van der Waals surface area contributed by atoms with Crippen molar-refractivity contribution >= 4 is 40.6 Å². The summed E-state index contributed by atoms with van der Waals surface area (Å²) in [6.07, 6.45) is 1.61. The van der Waals surface area contributed by atoms with Gasteiger partial charge in [0.2, 0.25) is 0 Å². The highest BCUT2D eigenvalue weighted by atomic mass is 35.5. The van der Waals surface area contributed by atoms with E-state index in [2.05, 4.69) is 5.32 Å². The highest BCUT2D eigenvalue weighted by Gasteiger charge is 2.24. The number of fused-ring (bicyclic) bond motifs is 1. The van der Waals surface area contributed by atoms with E-state index < -0.39 is 0 Å². The maximum atomic E-state index is 13.0. The minimum absolute atomic E-state index is 0.0599. The van der Waals surface area contributed by atoms with E-state index >= 15 is 0 Å². The van der Waals surface area contributed by atoms with Crippen LogP contribution in [0.3, 0.4) is 0 Å². The molecule has 0 saturated heterocycles. The van der Waals surface area contributed by atoms with Crippen molar-refractivity contribution in [1.82, 2.24) is 0 Å². The Labute approximate surface area is 185 Å². The van der Waals surface area contributed by atoms with Gasteiger partial charge >= 0.3 is 0 Å². The number of rotatable bonds is 4. The number of anilines is 2. The van der Waals surface area contributed by atoms with E-state index in [9.17, 15) is 14.4 Å². The summed E-state index contributed by atoms with van der Waals surface area (Å²) < 4.78 is 0. The van der Waals surface area contributed by atoms with Gasteiger partial charge in [0.25, 0.3) is 11.8 Å². The molecule has 0 bridgehead atoms. The molecule has 0 saturated carbocycles. The molecular weight excluding hydrogens is 412 g/mol. The fourth-order valence-corrected chi connectivity index (χ4v) is 3.84. The standard InChI is InChI=1S/C25H21ClN2O3/c1-16(29)18-4-2-6-22(15-18)27-24(30)20-9-12-23-19(14-20)5-3-13-28(23)25(31)17-7-10-21(26)11-8-17/h2,4,6-12,14-15H,3,5,13H2,1H3,(H,27,30). The van der Waals surface area contributed by atoms with E-state index in [1.54, 1.807) is 59.5 Å². The summed E-state index contributed by atoms with van der Waals surface area (Å²) in [4.78, 5) is 39.1. The van der Waals surface area contributed by atoms with Crippen LogP contribution in [-0.2, 0) is 6.42 Å². The molecule has 5 nitrogen and oxygen atoms in total. The molecule has 1 aliphatic heterocycles. The van der Waals surface area contributed by atoms with Crippen LogP contribution in [0.15, 0.2) is 66.7 Å². The lowest BCUT2D eigenvalue weighted by Gasteiger charge is -2.30. The normalized spacial score (nSPS) is 12.8. The van der Waals surface area contributed by atoms with Gasteiger partial charge in [0, 0.05) is 39.6 Å². The van der Waals surface area contributed by atoms with Crippen LogP contribution in [0.25, 0.3) is 0 Å². The van der Waals surface area contributed by atoms with Crippen LogP contribution in [0.2, 0.25) is 5.02 Å². The molecule has 1 N–H and O–H groups in total. The van der Waals surface area contributed by atoms with E-state index in [4.69, 9.17) is 11.6 Å². The first-order chi connectivity index (χ1) is 14.9. The average molecular weight is 433 g/mol. The second-order valence-corrected chi connectivity index (χ2v) is 7.94. The van der Waals surface area contributed by atoms with Crippen LogP contribution >= 0.6 is 11.6 Å². The zero-order valence-corrected chi connectivity index (χ0v) is 17.8. The molecule has 6 heteroatoms. The zero-order chi connectivity index (χ0) is 22.0. The van der Waals surface area contributed by atoms with Crippen LogP contribution in [0, 0.1) is 0 Å². The Bertz CT molecular complexity index is 1170. The van der Waals surface area contributed by atoms with Gasteiger partial charge in [-0.25, -0.2) is 0 Å². The number of carbonyl (C=O) groups is 3. The Morgan fingerprint density at radius 1 is 0.903 bits per heavy atom. The maximum Gasteiger partial charge on any atom is 0.258 e. The van der Waals surface area contributed by atoms with E-state index in [1.165, 1.54) is 6.92 Å². The van der Waals surface area contributed by atoms with Gasteiger partial charge < -0.3 is 10.2 Å². The Kier molecular flexibility index (Phi) is 5.87. The van der Waals surface area contributed by atoms with Gasteiger partial charge in [0.1, 0.15) is 0 Å². The Morgan fingerprint density at radius 3 is 2.39 bits per heavy atom. The lowest BCUT2D eigenvalue weighted by Crippen LogP contribution is -2.35. The molecule has 0 atom stereocenters. The molecule has 0 spiro atoms. The van der Waals surface area contributed by atoms with E-state index in [0.29, 0.717) is 33.9 Å². The van der Waals surface area contributed by atoms with Gasteiger partial charge in [-0.1, -0.05) is 23.7 Å². The van der Waals surface area contributed by atoms with Crippen molar-refractivity contribution in [2.24, 2.45) is 0 Å². The number of aryl methyl sites for hydroxylation is 1. The third-order valence-electron chi connectivity index (χ3n) is 5.32. The lowest BCUT2D eigenvalue weighted by atomic mass is 9.98. The fourth-order valence-electron chi connectivity index (χ4n) is 3.72. The number of ketones is 1. The van der Waals surface area contributed by atoms with Crippen molar-refractivity contribution in [1.29, 1.82) is 0 Å². The summed E-state index contributed by atoms with van der Waals surface area (Å²) in [6.45, 7) is 2.11. The number of hydrogen-bond acceptors (Lipinski definition) is 3. The molecule has 0 radical (unpaired) electrons. The number of halogens is 1. The monoisotopic (exact) mass is 432 g/mol. The molecule has 1 heterocycles. The zero-order valence-electron chi connectivity index (χ0n) is 17.0. The summed E-state index contributed by atoms with van der Waals surface area (Å²) in [5.74, 6) is -0.407. The number of Topliss-reactive ketones (excluding diaryl/α,β-unsaturated/α-hetero) is 1. The topological polar surface area (TPSA) is 66.5 Å². The van der Waals surface area contributed by atoms with Gasteiger partial charge in [0.15, 0.2) is 5.78 Å². The van der Waals surface area contributed by atoms with Crippen molar-refractivity contribution in [3.8, 4) is 0 Å². The third-order valence-corrected chi connectivity index (χ3v) is 5.58. The van der Waals surface area contributed by atoms with Crippen molar-refractivity contribution in [3.63, 3.8) is 0 Å². The van der Waals surface area contributed by atoms with Crippen molar-refractivity contribution in [2.45, 2.75) is 19.8 Å². The Morgan fingerprint density at radius 2 is 1.65 bits per heavy atom. The fraction of sp³-hybridized carbons (Fsp3) is 0.160. The number of hydrogen-bond donors (Lipinski definition) is 1. The molecule has 2 amide bonds. The second kappa shape index (κ2) is 8.74. The molecule has 0 fully saturated rings. The second-order valence-electron chi connectivity index (χ2n) is 7.50. The summed E-state index contributed by atoms with van der Waals surface area (Å²) in [7, 11) is 0. The molecule has 1 aliphatic rings. The molecular formula is C25H21ClN2O3. The van der Waals surface area contributed by atoms with Gasteiger partial charge in [-0.3, -0.25) is 14.4 Å². The number of carbonyl (C=O) groups excluding carboxylic acids is 3. The predicted molar refractivity (Wildman–Crippen MR) is 122 cm³/mol. The summed E-state index contributed by atoms with van der Waals surface area (Å²) in [5.41, 5.74) is 3.96. The Hall–Kier alpha value is -3.44. The average Bonchev–Trinajstić information content (AvgIpc) is 2.78. The molecule has 3 aromatic rings. The van der Waals surface area contributed by atoms with E-state index in [1.807, 2.05) is 12.1 Å². The van der Waals surface area contributed by atoms with Crippen LogP contribution in [0.4, 0.5) is 11.4 Å². The highest BCUT2D eigenvalue weighted by molar-refractivity contribution is 6.30. The van der Waals surface area contributed by atoms with Gasteiger partial charge in [-0.05, 0) is 79.9 Å². The van der Waals surface area contributed by atoms with Crippen LogP contribution in [0.5, 0.6) is 0 Å². The summed E-state index contributed by atoms with van der Waals surface area (Å²) in [6, 6.07) is 19.1. The lowest BCUT2D eigenvalue weighted by molar-refractivity contribution is 0.0982. The van der Waals surface area contributed by atoms with Crippen LogP contribution in [-0.4, -0.2) is 24.1 Å².